The maximum absolute atomic E-state index is 12.1. The van der Waals surface area contributed by atoms with Crippen LogP contribution < -0.4 is 10.6 Å². The quantitative estimate of drug-likeness (QED) is 0.516. The second-order valence-electron chi connectivity index (χ2n) is 5.51. The molecule has 2 amide bonds. The van der Waals surface area contributed by atoms with Gasteiger partial charge in [0.1, 0.15) is 0 Å². The summed E-state index contributed by atoms with van der Waals surface area (Å²) in [4.78, 5) is 37.1. The minimum Gasteiger partial charge on any atom is -0.350 e. The highest BCUT2D eigenvalue weighted by atomic mass is 32.1. The minimum atomic E-state index is -0.522. The molecule has 0 aliphatic rings. The average Bonchev–Trinajstić information content (AvgIpc) is 3.13. The van der Waals surface area contributed by atoms with Gasteiger partial charge in [-0.05, 0) is 24.1 Å². The minimum absolute atomic E-state index is 0.0195. The monoisotopic (exact) mass is 376 g/mol. The van der Waals surface area contributed by atoms with Crippen molar-refractivity contribution in [2.75, 3.05) is 25.0 Å². The van der Waals surface area contributed by atoms with Gasteiger partial charge in [-0.25, -0.2) is 0 Å². The van der Waals surface area contributed by atoms with Gasteiger partial charge in [-0.1, -0.05) is 19.1 Å². The maximum atomic E-state index is 12.1. The molecular formula is C17H20N4O4S. The van der Waals surface area contributed by atoms with E-state index in [0.717, 1.165) is 4.88 Å². The highest BCUT2D eigenvalue weighted by Gasteiger charge is 2.14. The first kappa shape index (κ1) is 19.5. The third kappa shape index (κ3) is 6.26. The lowest BCUT2D eigenvalue weighted by molar-refractivity contribution is -0.384. The van der Waals surface area contributed by atoms with E-state index in [4.69, 9.17) is 0 Å². The molecule has 2 rings (SSSR count). The Morgan fingerprint density at radius 2 is 1.96 bits per heavy atom. The summed E-state index contributed by atoms with van der Waals surface area (Å²) in [6.45, 7) is 2.96. The Morgan fingerprint density at radius 1 is 1.19 bits per heavy atom. The Morgan fingerprint density at radius 3 is 2.62 bits per heavy atom. The molecule has 2 aromatic rings. The van der Waals surface area contributed by atoms with Crippen LogP contribution in [0.25, 0.3) is 0 Å². The van der Waals surface area contributed by atoms with E-state index >= 15 is 0 Å². The van der Waals surface area contributed by atoms with Crippen molar-refractivity contribution >= 4 is 34.5 Å². The first-order chi connectivity index (χ1) is 12.5. The Bertz CT molecular complexity index is 764. The largest absolute Gasteiger partial charge is 0.350 e. The van der Waals surface area contributed by atoms with Gasteiger partial charge in [0, 0.05) is 22.7 Å². The summed E-state index contributed by atoms with van der Waals surface area (Å²) >= 11 is 1.56. The van der Waals surface area contributed by atoms with Gasteiger partial charge in [0.05, 0.1) is 24.6 Å². The zero-order valence-electron chi connectivity index (χ0n) is 14.3. The van der Waals surface area contributed by atoms with Crippen molar-refractivity contribution < 1.29 is 14.5 Å². The van der Waals surface area contributed by atoms with Crippen LogP contribution in [-0.4, -0.2) is 41.3 Å². The van der Waals surface area contributed by atoms with Crippen LogP contribution in [-0.2, 0) is 16.1 Å². The smallest absolute Gasteiger partial charge is 0.271 e. The molecule has 0 aliphatic heterocycles. The number of carbonyl (C=O) groups excluding carboxylic acids is 2. The van der Waals surface area contributed by atoms with E-state index in [1.54, 1.807) is 22.3 Å². The van der Waals surface area contributed by atoms with Crippen molar-refractivity contribution in [3.8, 4) is 0 Å². The van der Waals surface area contributed by atoms with Crippen molar-refractivity contribution in [2.45, 2.75) is 13.5 Å². The van der Waals surface area contributed by atoms with E-state index < -0.39 is 4.92 Å². The van der Waals surface area contributed by atoms with Gasteiger partial charge >= 0.3 is 0 Å². The predicted octanol–water partition coefficient (Wildman–Crippen LogP) is 2.23. The standard InChI is InChI=1S/C17H20N4O4S/c1-2-20(11-16(22)18-10-15-7-4-8-26-15)12-17(23)19-13-5-3-6-14(9-13)21(24)25/h3-9H,2,10-12H2,1H3,(H,18,22)(H,19,23). The fourth-order valence-corrected chi connectivity index (χ4v) is 2.88. The lowest BCUT2D eigenvalue weighted by Gasteiger charge is -2.19. The summed E-state index contributed by atoms with van der Waals surface area (Å²) in [5, 5.41) is 18.1. The summed E-state index contributed by atoms with van der Waals surface area (Å²) in [7, 11) is 0. The van der Waals surface area contributed by atoms with Crippen molar-refractivity contribution in [3.63, 3.8) is 0 Å². The van der Waals surface area contributed by atoms with Crippen LogP contribution in [0.5, 0.6) is 0 Å². The molecule has 26 heavy (non-hydrogen) atoms. The van der Waals surface area contributed by atoms with Crippen LogP contribution in [0.2, 0.25) is 0 Å². The zero-order chi connectivity index (χ0) is 18.9. The van der Waals surface area contributed by atoms with Gasteiger partial charge in [-0.2, -0.15) is 0 Å². The zero-order valence-corrected chi connectivity index (χ0v) is 15.1. The van der Waals surface area contributed by atoms with Crippen molar-refractivity contribution in [1.82, 2.24) is 10.2 Å². The number of amides is 2. The van der Waals surface area contributed by atoms with Crippen molar-refractivity contribution in [2.24, 2.45) is 0 Å². The van der Waals surface area contributed by atoms with Gasteiger partial charge < -0.3 is 10.6 Å². The highest BCUT2D eigenvalue weighted by Crippen LogP contribution is 2.16. The number of hydrogen-bond donors (Lipinski definition) is 2. The van der Waals surface area contributed by atoms with E-state index in [1.807, 2.05) is 24.4 Å². The molecule has 9 heteroatoms. The van der Waals surface area contributed by atoms with Crippen LogP contribution in [0.15, 0.2) is 41.8 Å². The normalized spacial score (nSPS) is 10.5. The van der Waals surface area contributed by atoms with Gasteiger partial charge in [-0.15, -0.1) is 11.3 Å². The van der Waals surface area contributed by atoms with Crippen molar-refractivity contribution in [1.29, 1.82) is 0 Å². The van der Waals surface area contributed by atoms with Gasteiger partial charge in [0.2, 0.25) is 11.8 Å². The van der Waals surface area contributed by atoms with E-state index in [2.05, 4.69) is 10.6 Å². The number of nitrogens with one attached hydrogen (secondary N) is 2. The number of nitro groups is 1. The Hall–Kier alpha value is -2.78. The number of thiophene rings is 1. The van der Waals surface area contributed by atoms with Crippen LogP contribution in [0.1, 0.15) is 11.8 Å². The van der Waals surface area contributed by atoms with Gasteiger partial charge in [0.25, 0.3) is 5.69 Å². The molecule has 0 radical (unpaired) electrons. The van der Waals surface area contributed by atoms with E-state index in [-0.39, 0.29) is 30.6 Å². The summed E-state index contributed by atoms with van der Waals surface area (Å²) in [6.07, 6.45) is 0. The molecule has 0 spiro atoms. The number of nitrogens with zero attached hydrogens (tertiary/aromatic N) is 2. The van der Waals surface area contributed by atoms with Gasteiger partial charge in [-0.3, -0.25) is 24.6 Å². The van der Waals surface area contributed by atoms with Crippen LogP contribution in [0.4, 0.5) is 11.4 Å². The predicted molar refractivity (Wildman–Crippen MR) is 100 cm³/mol. The molecule has 0 aliphatic carbocycles. The lowest BCUT2D eigenvalue weighted by atomic mass is 10.3. The number of benzene rings is 1. The number of carbonyl (C=O) groups is 2. The molecule has 138 valence electrons. The van der Waals surface area contributed by atoms with E-state index in [9.17, 15) is 19.7 Å². The van der Waals surface area contributed by atoms with Gasteiger partial charge in [0.15, 0.2) is 0 Å². The number of non-ortho nitro benzene ring substituents is 1. The second kappa shape index (κ2) is 9.64. The topological polar surface area (TPSA) is 105 Å². The number of nitro benzene ring substituents is 1. The molecule has 0 unspecified atom stereocenters. The summed E-state index contributed by atoms with van der Waals surface area (Å²) in [5.74, 6) is -0.498. The first-order valence-electron chi connectivity index (χ1n) is 8.03. The maximum Gasteiger partial charge on any atom is 0.271 e. The summed E-state index contributed by atoms with van der Waals surface area (Å²) < 4.78 is 0. The van der Waals surface area contributed by atoms with E-state index in [1.165, 1.54) is 18.2 Å². The lowest BCUT2D eigenvalue weighted by Crippen LogP contribution is -2.40. The first-order valence-corrected chi connectivity index (χ1v) is 8.91. The third-order valence-electron chi connectivity index (χ3n) is 3.56. The fourth-order valence-electron chi connectivity index (χ4n) is 2.24. The summed E-state index contributed by atoms with van der Waals surface area (Å²) in [6, 6.07) is 9.59. The molecule has 1 aromatic carbocycles. The molecular weight excluding hydrogens is 356 g/mol. The number of likely N-dealkylation sites (N-methyl/N-ethyl adjacent to an activating group) is 1. The van der Waals surface area contributed by atoms with Crippen LogP contribution in [0.3, 0.4) is 0 Å². The highest BCUT2D eigenvalue weighted by molar-refractivity contribution is 7.09. The molecule has 1 aromatic heterocycles. The average molecular weight is 376 g/mol. The molecule has 0 atom stereocenters. The molecule has 0 saturated carbocycles. The molecule has 1 heterocycles. The molecule has 0 saturated heterocycles. The van der Waals surface area contributed by atoms with Crippen molar-refractivity contribution in [3.05, 3.63) is 56.8 Å². The number of rotatable bonds is 9. The van der Waals surface area contributed by atoms with Crippen LogP contribution >= 0.6 is 11.3 Å². The Balaban J connectivity index is 1.82. The summed E-state index contributed by atoms with van der Waals surface area (Å²) in [5.41, 5.74) is 0.255. The Labute approximate surface area is 155 Å². The molecule has 8 nitrogen and oxygen atoms in total. The SMILES string of the molecule is CCN(CC(=O)NCc1cccs1)CC(=O)Nc1cccc([N+](=O)[O-])c1. The van der Waals surface area contributed by atoms with Crippen LogP contribution in [0, 0.1) is 10.1 Å². The fraction of sp³-hybridized carbons (Fsp3) is 0.294. The van der Waals surface area contributed by atoms with E-state index in [0.29, 0.717) is 18.8 Å². The second-order valence-corrected chi connectivity index (χ2v) is 6.55. The Kier molecular flexibility index (Phi) is 7.24. The molecule has 0 bridgehead atoms. The number of hydrogen-bond acceptors (Lipinski definition) is 6. The third-order valence-corrected chi connectivity index (χ3v) is 4.44. The molecule has 2 N–H and O–H groups in total. The molecule has 0 fully saturated rings. The number of anilines is 1.